The van der Waals surface area contributed by atoms with Crippen molar-refractivity contribution >= 4 is 16.6 Å². The van der Waals surface area contributed by atoms with Gasteiger partial charge in [0.05, 0.1) is 5.52 Å². The minimum atomic E-state index is 0.983. The number of nitrogens with one attached hydrogen (secondary N) is 1. The molecule has 102 valence electrons. The van der Waals surface area contributed by atoms with Crippen molar-refractivity contribution in [2.45, 2.75) is 46.5 Å². The van der Waals surface area contributed by atoms with Gasteiger partial charge in [-0.15, -0.1) is 0 Å². The molecule has 0 radical (unpaired) electrons. The average Bonchev–Trinajstić information content (AvgIpc) is 2.45. The summed E-state index contributed by atoms with van der Waals surface area (Å²) in [5.74, 6) is 0. The van der Waals surface area contributed by atoms with E-state index < -0.39 is 0 Å². The number of hydrogen-bond acceptors (Lipinski definition) is 2. The zero-order valence-electron chi connectivity index (χ0n) is 12.3. The number of rotatable bonds is 6. The van der Waals surface area contributed by atoms with Gasteiger partial charge in [0.15, 0.2) is 0 Å². The van der Waals surface area contributed by atoms with E-state index in [0.29, 0.717) is 0 Å². The van der Waals surface area contributed by atoms with Crippen molar-refractivity contribution in [3.05, 3.63) is 35.5 Å². The van der Waals surface area contributed by atoms with Gasteiger partial charge in [0.1, 0.15) is 0 Å². The summed E-state index contributed by atoms with van der Waals surface area (Å²) in [6.45, 7) is 7.60. The standard InChI is InChI=1S/C17H24N2/c1-4-8-13-9-7-10-15-16(18-11-5-2)12-14(6-3)19-17(13)15/h7,9-10,12H,4-6,8,11H2,1-3H3,(H,18,19). The minimum absolute atomic E-state index is 0.983. The summed E-state index contributed by atoms with van der Waals surface area (Å²) >= 11 is 0. The molecule has 0 saturated heterocycles. The molecular formula is C17H24N2. The number of hydrogen-bond donors (Lipinski definition) is 1. The summed E-state index contributed by atoms with van der Waals surface area (Å²) in [7, 11) is 0. The maximum absolute atomic E-state index is 4.84. The first-order valence-corrected chi connectivity index (χ1v) is 7.45. The van der Waals surface area contributed by atoms with E-state index in [2.05, 4.69) is 50.4 Å². The second-order valence-corrected chi connectivity index (χ2v) is 5.00. The summed E-state index contributed by atoms with van der Waals surface area (Å²) < 4.78 is 0. The monoisotopic (exact) mass is 256 g/mol. The fourth-order valence-corrected chi connectivity index (χ4v) is 2.42. The summed E-state index contributed by atoms with van der Waals surface area (Å²) in [5.41, 5.74) is 4.97. The van der Waals surface area contributed by atoms with E-state index in [0.717, 1.165) is 32.2 Å². The highest BCUT2D eigenvalue weighted by Gasteiger charge is 2.08. The Kier molecular flexibility index (Phi) is 4.78. The van der Waals surface area contributed by atoms with Gasteiger partial charge in [-0.1, -0.05) is 45.4 Å². The molecule has 0 unspecified atom stereocenters. The molecule has 2 aromatic rings. The zero-order chi connectivity index (χ0) is 13.7. The molecule has 0 spiro atoms. The molecule has 0 fully saturated rings. The Morgan fingerprint density at radius 1 is 1.11 bits per heavy atom. The smallest absolute Gasteiger partial charge is 0.0758 e. The molecule has 2 nitrogen and oxygen atoms in total. The fourth-order valence-electron chi connectivity index (χ4n) is 2.42. The van der Waals surface area contributed by atoms with Crippen LogP contribution in [0.4, 0.5) is 5.69 Å². The maximum Gasteiger partial charge on any atom is 0.0758 e. The Balaban J connectivity index is 2.56. The number of aromatic nitrogens is 1. The van der Waals surface area contributed by atoms with Crippen LogP contribution in [-0.2, 0) is 12.8 Å². The molecule has 0 aliphatic carbocycles. The summed E-state index contributed by atoms with van der Waals surface area (Å²) in [6, 6.07) is 8.74. The molecule has 19 heavy (non-hydrogen) atoms. The molecule has 0 bridgehead atoms. The van der Waals surface area contributed by atoms with Crippen LogP contribution < -0.4 is 5.32 Å². The molecule has 0 atom stereocenters. The van der Waals surface area contributed by atoms with E-state index >= 15 is 0 Å². The number of benzene rings is 1. The molecule has 1 heterocycles. The van der Waals surface area contributed by atoms with Gasteiger partial charge in [-0.05, 0) is 30.9 Å². The van der Waals surface area contributed by atoms with E-state index in [4.69, 9.17) is 4.98 Å². The van der Waals surface area contributed by atoms with Crippen molar-refractivity contribution < 1.29 is 0 Å². The lowest BCUT2D eigenvalue weighted by molar-refractivity contribution is 0.923. The quantitative estimate of drug-likeness (QED) is 0.818. The van der Waals surface area contributed by atoms with Crippen molar-refractivity contribution in [2.24, 2.45) is 0 Å². The van der Waals surface area contributed by atoms with Gasteiger partial charge in [0.25, 0.3) is 0 Å². The normalized spacial score (nSPS) is 10.9. The van der Waals surface area contributed by atoms with Crippen LogP contribution in [0.2, 0.25) is 0 Å². The van der Waals surface area contributed by atoms with E-state index in [9.17, 15) is 0 Å². The Morgan fingerprint density at radius 3 is 2.63 bits per heavy atom. The SMILES string of the molecule is CCCNc1cc(CC)nc2c(CCC)cccc12. The predicted octanol–water partition coefficient (Wildman–Crippen LogP) is 4.57. The van der Waals surface area contributed by atoms with E-state index in [-0.39, 0.29) is 0 Å². The average molecular weight is 256 g/mol. The van der Waals surface area contributed by atoms with Crippen molar-refractivity contribution in [3.8, 4) is 0 Å². The van der Waals surface area contributed by atoms with Gasteiger partial charge in [0, 0.05) is 23.3 Å². The minimum Gasteiger partial charge on any atom is -0.384 e. The number of fused-ring (bicyclic) bond motifs is 1. The molecule has 2 rings (SSSR count). The Bertz CT molecular complexity index is 546. The van der Waals surface area contributed by atoms with Crippen LogP contribution in [-0.4, -0.2) is 11.5 Å². The van der Waals surface area contributed by atoms with Gasteiger partial charge in [-0.3, -0.25) is 4.98 Å². The van der Waals surface area contributed by atoms with Crippen LogP contribution >= 0.6 is 0 Å². The molecule has 0 saturated carbocycles. The summed E-state index contributed by atoms with van der Waals surface area (Å²) in [4.78, 5) is 4.84. The zero-order valence-corrected chi connectivity index (χ0v) is 12.3. The first-order chi connectivity index (χ1) is 9.30. The van der Waals surface area contributed by atoms with E-state index in [1.807, 2.05) is 0 Å². The number of para-hydroxylation sites is 1. The number of anilines is 1. The van der Waals surface area contributed by atoms with Gasteiger partial charge >= 0.3 is 0 Å². The van der Waals surface area contributed by atoms with Crippen LogP contribution in [0.25, 0.3) is 10.9 Å². The number of aryl methyl sites for hydroxylation is 2. The lowest BCUT2D eigenvalue weighted by atomic mass is 10.0. The van der Waals surface area contributed by atoms with Gasteiger partial charge in [0.2, 0.25) is 0 Å². The fraction of sp³-hybridized carbons (Fsp3) is 0.471. The third-order valence-electron chi connectivity index (χ3n) is 3.42. The summed E-state index contributed by atoms with van der Waals surface area (Å²) in [5, 5.41) is 4.80. The molecule has 1 N–H and O–H groups in total. The van der Waals surface area contributed by atoms with E-state index in [1.165, 1.54) is 27.8 Å². The maximum atomic E-state index is 4.84. The largest absolute Gasteiger partial charge is 0.384 e. The van der Waals surface area contributed by atoms with Gasteiger partial charge in [-0.2, -0.15) is 0 Å². The van der Waals surface area contributed by atoms with E-state index in [1.54, 1.807) is 0 Å². The lowest BCUT2D eigenvalue weighted by Crippen LogP contribution is -2.03. The molecule has 0 amide bonds. The van der Waals surface area contributed by atoms with Crippen LogP contribution in [0.3, 0.4) is 0 Å². The lowest BCUT2D eigenvalue weighted by Gasteiger charge is -2.13. The molecule has 2 heteroatoms. The number of pyridine rings is 1. The molecule has 1 aromatic heterocycles. The second kappa shape index (κ2) is 6.55. The Morgan fingerprint density at radius 2 is 1.95 bits per heavy atom. The van der Waals surface area contributed by atoms with Crippen molar-refractivity contribution in [1.82, 2.24) is 4.98 Å². The Hall–Kier alpha value is -1.57. The second-order valence-electron chi connectivity index (χ2n) is 5.00. The number of nitrogens with zero attached hydrogens (tertiary/aromatic N) is 1. The molecule has 1 aromatic carbocycles. The first kappa shape index (κ1) is 13.9. The topological polar surface area (TPSA) is 24.9 Å². The van der Waals surface area contributed by atoms with Gasteiger partial charge in [-0.25, -0.2) is 0 Å². The van der Waals surface area contributed by atoms with Crippen molar-refractivity contribution in [3.63, 3.8) is 0 Å². The highest BCUT2D eigenvalue weighted by molar-refractivity contribution is 5.93. The molecular weight excluding hydrogens is 232 g/mol. The highest BCUT2D eigenvalue weighted by atomic mass is 14.9. The van der Waals surface area contributed by atoms with Crippen LogP contribution in [0.5, 0.6) is 0 Å². The summed E-state index contributed by atoms with van der Waals surface area (Å²) in [6.07, 6.45) is 4.39. The predicted molar refractivity (Wildman–Crippen MR) is 83.9 cm³/mol. The van der Waals surface area contributed by atoms with Crippen LogP contribution in [0, 0.1) is 0 Å². The third kappa shape index (κ3) is 3.06. The van der Waals surface area contributed by atoms with Crippen LogP contribution in [0.15, 0.2) is 24.3 Å². The highest BCUT2D eigenvalue weighted by Crippen LogP contribution is 2.26. The first-order valence-electron chi connectivity index (χ1n) is 7.45. The molecule has 0 aliphatic rings. The Labute approximate surface area is 116 Å². The van der Waals surface area contributed by atoms with Crippen LogP contribution in [0.1, 0.15) is 44.9 Å². The van der Waals surface area contributed by atoms with Crippen molar-refractivity contribution in [1.29, 1.82) is 0 Å². The van der Waals surface area contributed by atoms with Gasteiger partial charge < -0.3 is 5.32 Å². The molecule has 0 aliphatic heterocycles. The van der Waals surface area contributed by atoms with Crippen molar-refractivity contribution in [2.75, 3.05) is 11.9 Å². The third-order valence-corrected chi connectivity index (χ3v) is 3.42.